The monoisotopic (exact) mass is 365 g/mol. The molecule has 0 saturated carbocycles. The Bertz CT molecular complexity index is 794. The van der Waals surface area contributed by atoms with E-state index < -0.39 is 0 Å². The van der Waals surface area contributed by atoms with Crippen molar-refractivity contribution in [3.8, 4) is 11.5 Å². The molecule has 0 spiro atoms. The summed E-state index contributed by atoms with van der Waals surface area (Å²) < 4.78 is 11.2. The molecule has 1 amide bonds. The summed E-state index contributed by atoms with van der Waals surface area (Å²) in [4.78, 5) is 14.6. The lowest BCUT2D eigenvalue weighted by atomic mass is 9.90. The quantitative estimate of drug-likeness (QED) is 0.818. The van der Waals surface area contributed by atoms with Gasteiger partial charge in [-0.3, -0.25) is 4.79 Å². The molecule has 0 N–H and O–H groups in total. The lowest BCUT2D eigenvalue weighted by molar-refractivity contribution is 0.0724. The summed E-state index contributed by atoms with van der Waals surface area (Å²) in [6.45, 7) is 2.50. The van der Waals surface area contributed by atoms with E-state index in [9.17, 15) is 4.79 Å². The maximum absolute atomic E-state index is 12.6. The van der Waals surface area contributed by atoms with Crippen molar-refractivity contribution in [2.45, 2.75) is 32.1 Å². The Hall–Kier alpha value is -2.49. The molecule has 1 atom stereocenters. The van der Waals surface area contributed by atoms with Crippen LogP contribution < -0.4 is 9.47 Å². The summed E-state index contributed by atoms with van der Waals surface area (Å²) in [6, 6.07) is 14.2. The number of hydrogen-bond acceptors (Lipinski definition) is 3. The van der Waals surface area contributed by atoms with Gasteiger partial charge >= 0.3 is 0 Å². The Morgan fingerprint density at radius 1 is 1.11 bits per heavy atom. The van der Waals surface area contributed by atoms with Crippen molar-refractivity contribution >= 4 is 5.91 Å². The Kier molecular flexibility index (Phi) is 5.33. The van der Waals surface area contributed by atoms with Crippen LogP contribution in [0.25, 0.3) is 0 Å². The Morgan fingerprint density at radius 3 is 2.63 bits per heavy atom. The molecule has 27 heavy (non-hydrogen) atoms. The number of benzene rings is 2. The molecule has 2 aliphatic rings. The largest absolute Gasteiger partial charge is 0.497 e. The molecule has 0 aromatic heterocycles. The summed E-state index contributed by atoms with van der Waals surface area (Å²) in [5, 5.41) is 0. The second kappa shape index (κ2) is 8.03. The molecule has 4 rings (SSSR count). The zero-order chi connectivity index (χ0) is 18.6. The fourth-order valence-electron chi connectivity index (χ4n) is 4.07. The van der Waals surface area contributed by atoms with E-state index in [0.29, 0.717) is 12.5 Å². The highest BCUT2D eigenvalue weighted by Gasteiger charge is 2.21. The number of likely N-dealkylation sites (tertiary alicyclic amines) is 1. The molecule has 0 radical (unpaired) electrons. The van der Waals surface area contributed by atoms with Crippen LogP contribution in [0.5, 0.6) is 11.5 Å². The number of nitrogens with zero attached hydrogens (tertiary/aromatic N) is 1. The van der Waals surface area contributed by atoms with Gasteiger partial charge in [0.1, 0.15) is 11.5 Å². The van der Waals surface area contributed by atoms with Crippen LogP contribution in [0.15, 0.2) is 42.5 Å². The lowest BCUT2D eigenvalue weighted by Crippen LogP contribution is -2.35. The van der Waals surface area contributed by atoms with Gasteiger partial charge in [-0.1, -0.05) is 18.2 Å². The van der Waals surface area contributed by atoms with Gasteiger partial charge in [-0.05, 0) is 61.4 Å². The Labute approximate surface area is 161 Å². The summed E-state index contributed by atoms with van der Waals surface area (Å²) in [7, 11) is 1.67. The normalized spacial score (nSPS) is 19.1. The van der Waals surface area contributed by atoms with Crippen molar-refractivity contribution in [3.63, 3.8) is 0 Å². The van der Waals surface area contributed by atoms with Gasteiger partial charge < -0.3 is 14.4 Å². The smallest absolute Gasteiger partial charge is 0.253 e. The number of piperidine rings is 1. The summed E-state index contributed by atoms with van der Waals surface area (Å²) >= 11 is 0. The van der Waals surface area contributed by atoms with E-state index in [2.05, 4.69) is 18.2 Å². The third kappa shape index (κ3) is 4.10. The number of fused-ring (bicyclic) bond motifs is 1. The van der Waals surface area contributed by atoms with Crippen LogP contribution in [-0.4, -0.2) is 37.6 Å². The van der Waals surface area contributed by atoms with E-state index in [1.54, 1.807) is 7.11 Å². The number of carbonyl (C=O) groups excluding carboxylic acids is 1. The molecule has 142 valence electrons. The lowest BCUT2D eigenvalue weighted by Gasteiger charge is -2.27. The molecule has 2 heterocycles. The summed E-state index contributed by atoms with van der Waals surface area (Å²) in [5.41, 5.74) is 3.30. The maximum atomic E-state index is 12.6. The number of hydrogen-bond donors (Lipinski definition) is 0. The predicted octanol–water partition coefficient (Wildman–Crippen LogP) is 4.12. The Morgan fingerprint density at radius 2 is 1.89 bits per heavy atom. The van der Waals surface area contributed by atoms with Crippen molar-refractivity contribution in [2.24, 2.45) is 5.92 Å². The molecule has 0 bridgehead atoms. The van der Waals surface area contributed by atoms with Crippen molar-refractivity contribution in [2.75, 3.05) is 26.8 Å². The second-order valence-electron chi connectivity index (χ2n) is 7.61. The van der Waals surface area contributed by atoms with Crippen LogP contribution in [-0.2, 0) is 12.8 Å². The molecule has 2 aromatic rings. The first-order valence-electron chi connectivity index (χ1n) is 9.91. The molecule has 2 aromatic carbocycles. The molecule has 0 aliphatic carbocycles. The van der Waals surface area contributed by atoms with E-state index in [1.165, 1.54) is 17.5 Å². The van der Waals surface area contributed by atoms with E-state index >= 15 is 0 Å². The molecule has 4 heteroatoms. The number of amides is 1. The fraction of sp³-hybridized carbons (Fsp3) is 0.435. The first kappa shape index (κ1) is 17.9. The topological polar surface area (TPSA) is 38.8 Å². The third-order valence-corrected chi connectivity index (χ3v) is 5.63. The first-order chi connectivity index (χ1) is 13.2. The minimum atomic E-state index is 0.171. The van der Waals surface area contributed by atoms with Crippen LogP contribution in [0.1, 0.15) is 40.7 Å². The summed E-state index contributed by atoms with van der Waals surface area (Å²) in [5.74, 6) is 2.40. The SMILES string of the molecule is COc1ccc2c(c1)OCC(Cc1ccc(C(=O)N3CCCCC3)cc1)C2. The van der Waals surface area contributed by atoms with Crippen molar-refractivity contribution in [3.05, 3.63) is 59.2 Å². The van der Waals surface area contributed by atoms with Gasteiger partial charge in [-0.2, -0.15) is 0 Å². The van der Waals surface area contributed by atoms with Crippen LogP contribution >= 0.6 is 0 Å². The van der Waals surface area contributed by atoms with Crippen molar-refractivity contribution in [1.29, 1.82) is 0 Å². The highest BCUT2D eigenvalue weighted by Crippen LogP contribution is 2.32. The van der Waals surface area contributed by atoms with Gasteiger partial charge in [-0.25, -0.2) is 0 Å². The van der Waals surface area contributed by atoms with E-state index in [1.807, 2.05) is 29.2 Å². The minimum Gasteiger partial charge on any atom is -0.497 e. The number of methoxy groups -OCH3 is 1. The predicted molar refractivity (Wildman–Crippen MR) is 106 cm³/mol. The van der Waals surface area contributed by atoms with Gasteiger partial charge in [0.15, 0.2) is 0 Å². The van der Waals surface area contributed by atoms with Crippen LogP contribution in [0, 0.1) is 5.92 Å². The number of ether oxygens (including phenoxy) is 2. The van der Waals surface area contributed by atoms with Crippen LogP contribution in [0.3, 0.4) is 0 Å². The fourth-order valence-corrected chi connectivity index (χ4v) is 4.07. The Balaban J connectivity index is 1.38. The molecule has 4 nitrogen and oxygen atoms in total. The molecule has 1 saturated heterocycles. The van der Waals surface area contributed by atoms with Gasteiger partial charge in [0.2, 0.25) is 0 Å². The zero-order valence-corrected chi connectivity index (χ0v) is 15.9. The maximum Gasteiger partial charge on any atom is 0.253 e. The number of rotatable bonds is 4. The van der Waals surface area contributed by atoms with E-state index in [0.717, 1.165) is 55.8 Å². The average Bonchev–Trinajstić information content (AvgIpc) is 2.74. The van der Waals surface area contributed by atoms with Gasteiger partial charge in [-0.15, -0.1) is 0 Å². The van der Waals surface area contributed by atoms with Crippen molar-refractivity contribution in [1.82, 2.24) is 4.90 Å². The molecular formula is C23H27NO3. The average molecular weight is 365 g/mol. The van der Waals surface area contributed by atoms with Gasteiger partial charge in [0.05, 0.1) is 13.7 Å². The van der Waals surface area contributed by atoms with Crippen LogP contribution in [0.2, 0.25) is 0 Å². The van der Waals surface area contributed by atoms with Gasteiger partial charge in [0.25, 0.3) is 5.91 Å². The second-order valence-corrected chi connectivity index (χ2v) is 7.61. The molecule has 2 aliphatic heterocycles. The standard InChI is InChI=1S/C23H27NO3/c1-26-21-10-9-20-14-18(16-27-22(20)15-21)13-17-5-7-19(8-6-17)23(25)24-11-3-2-4-12-24/h5-10,15,18H,2-4,11-14,16H2,1H3. The molecule has 1 unspecified atom stereocenters. The first-order valence-corrected chi connectivity index (χ1v) is 9.91. The highest BCUT2D eigenvalue weighted by atomic mass is 16.5. The van der Waals surface area contributed by atoms with Crippen LogP contribution in [0.4, 0.5) is 0 Å². The summed E-state index contributed by atoms with van der Waals surface area (Å²) in [6.07, 6.45) is 5.46. The van der Waals surface area contributed by atoms with E-state index in [-0.39, 0.29) is 5.91 Å². The minimum absolute atomic E-state index is 0.171. The third-order valence-electron chi connectivity index (χ3n) is 5.63. The number of carbonyl (C=O) groups is 1. The highest BCUT2D eigenvalue weighted by molar-refractivity contribution is 5.94. The van der Waals surface area contributed by atoms with E-state index in [4.69, 9.17) is 9.47 Å². The van der Waals surface area contributed by atoms with Gasteiger partial charge in [0, 0.05) is 30.6 Å². The zero-order valence-electron chi connectivity index (χ0n) is 15.9. The molecular weight excluding hydrogens is 338 g/mol. The van der Waals surface area contributed by atoms with Crippen molar-refractivity contribution < 1.29 is 14.3 Å². The molecule has 1 fully saturated rings.